The zero-order valence-corrected chi connectivity index (χ0v) is 12.3. The highest BCUT2D eigenvalue weighted by Gasteiger charge is 2.13. The van der Waals surface area contributed by atoms with Crippen LogP contribution in [-0.2, 0) is 6.54 Å². The van der Waals surface area contributed by atoms with E-state index in [0.717, 1.165) is 53.9 Å². The van der Waals surface area contributed by atoms with Gasteiger partial charge in [-0.1, -0.05) is 6.92 Å². The minimum absolute atomic E-state index is 0.708. The summed E-state index contributed by atoms with van der Waals surface area (Å²) in [6, 6.07) is 6.04. The van der Waals surface area contributed by atoms with E-state index < -0.39 is 0 Å². The maximum absolute atomic E-state index is 5.72. The van der Waals surface area contributed by atoms with E-state index in [1.807, 2.05) is 18.2 Å². The average Bonchev–Trinajstić information content (AvgIpc) is 2.82. The minimum Gasteiger partial charge on any atom is -0.490 e. The number of thiazole rings is 1. The van der Waals surface area contributed by atoms with Crippen LogP contribution in [0.25, 0.3) is 10.6 Å². The van der Waals surface area contributed by atoms with Gasteiger partial charge in [0.15, 0.2) is 11.5 Å². The summed E-state index contributed by atoms with van der Waals surface area (Å²) in [4.78, 5) is 4.65. The molecule has 1 N–H and O–H groups in total. The highest BCUT2D eigenvalue weighted by molar-refractivity contribution is 7.13. The predicted octanol–water partition coefficient (Wildman–Crippen LogP) is 3.08. The lowest BCUT2D eigenvalue weighted by Gasteiger charge is -2.07. The van der Waals surface area contributed by atoms with Crippen molar-refractivity contribution < 1.29 is 9.47 Å². The summed E-state index contributed by atoms with van der Waals surface area (Å²) in [5.41, 5.74) is 2.17. The quantitative estimate of drug-likeness (QED) is 0.939. The van der Waals surface area contributed by atoms with Gasteiger partial charge in [-0.05, 0) is 24.7 Å². The molecule has 0 unspecified atom stereocenters. The largest absolute Gasteiger partial charge is 0.490 e. The maximum Gasteiger partial charge on any atom is 0.161 e. The maximum atomic E-state index is 5.72. The molecule has 5 heteroatoms. The lowest BCUT2D eigenvalue weighted by atomic mass is 10.2. The molecular weight excluding hydrogens is 272 g/mol. The van der Waals surface area contributed by atoms with Crippen LogP contribution in [0, 0.1) is 0 Å². The summed E-state index contributed by atoms with van der Waals surface area (Å²) in [5, 5.41) is 6.41. The molecule has 3 rings (SSSR count). The number of rotatable bonds is 4. The van der Waals surface area contributed by atoms with Crippen LogP contribution in [0.2, 0.25) is 0 Å². The van der Waals surface area contributed by atoms with Crippen LogP contribution >= 0.6 is 11.3 Å². The van der Waals surface area contributed by atoms with E-state index in [1.165, 1.54) is 0 Å². The second kappa shape index (κ2) is 6.24. The number of hydrogen-bond donors (Lipinski definition) is 1. The fraction of sp³-hybridized carbons (Fsp3) is 0.400. The molecule has 1 aromatic carbocycles. The van der Waals surface area contributed by atoms with Crippen LogP contribution in [-0.4, -0.2) is 24.7 Å². The van der Waals surface area contributed by atoms with Crippen LogP contribution in [0.5, 0.6) is 11.5 Å². The van der Waals surface area contributed by atoms with Gasteiger partial charge >= 0.3 is 0 Å². The highest BCUT2D eigenvalue weighted by Crippen LogP contribution is 2.35. The first kappa shape index (κ1) is 13.4. The van der Waals surface area contributed by atoms with Gasteiger partial charge in [0.05, 0.1) is 18.9 Å². The van der Waals surface area contributed by atoms with Gasteiger partial charge in [0.2, 0.25) is 0 Å². The van der Waals surface area contributed by atoms with E-state index in [4.69, 9.17) is 9.47 Å². The number of fused-ring (bicyclic) bond motifs is 1. The van der Waals surface area contributed by atoms with Crippen LogP contribution in [0.4, 0.5) is 0 Å². The first-order chi connectivity index (χ1) is 9.86. The van der Waals surface area contributed by atoms with Gasteiger partial charge < -0.3 is 14.8 Å². The SMILES string of the molecule is CCNCc1csc(-c2ccc3c(c2)OCCCO3)n1. The Morgan fingerprint density at radius 3 is 2.95 bits per heavy atom. The molecule has 106 valence electrons. The fourth-order valence-corrected chi connectivity index (χ4v) is 2.89. The number of ether oxygens (including phenoxy) is 2. The Kier molecular flexibility index (Phi) is 4.18. The Bertz CT molecular complexity index is 583. The standard InChI is InChI=1S/C15H18N2O2S/c1-2-16-9-12-10-20-15(17-12)11-4-5-13-14(8-11)19-7-3-6-18-13/h4-5,8,10,16H,2-3,6-7,9H2,1H3. The first-order valence-electron chi connectivity index (χ1n) is 6.92. The molecule has 20 heavy (non-hydrogen) atoms. The summed E-state index contributed by atoms with van der Waals surface area (Å²) in [6.07, 6.45) is 0.925. The Morgan fingerprint density at radius 1 is 1.25 bits per heavy atom. The topological polar surface area (TPSA) is 43.4 Å². The number of nitrogens with one attached hydrogen (secondary N) is 1. The molecule has 4 nitrogen and oxygen atoms in total. The Balaban J connectivity index is 1.83. The molecule has 1 aliphatic rings. The predicted molar refractivity (Wildman–Crippen MR) is 80.5 cm³/mol. The first-order valence-corrected chi connectivity index (χ1v) is 7.80. The van der Waals surface area contributed by atoms with Crippen molar-refractivity contribution in [2.45, 2.75) is 19.9 Å². The van der Waals surface area contributed by atoms with Gasteiger partial charge in [0.1, 0.15) is 5.01 Å². The minimum atomic E-state index is 0.708. The van der Waals surface area contributed by atoms with Gasteiger partial charge in [-0.25, -0.2) is 4.98 Å². The molecule has 0 spiro atoms. The lowest BCUT2D eigenvalue weighted by molar-refractivity contribution is 0.297. The molecule has 0 bridgehead atoms. The molecule has 1 aromatic heterocycles. The van der Waals surface area contributed by atoms with E-state index >= 15 is 0 Å². The molecule has 0 aliphatic carbocycles. The van der Waals surface area contributed by atoms with Crippen molar-refractivity contribution in [1.82, 2.24) is 10.3 Å². The molecule has 0 saturated heterocycles. The molecule has 2 heterocycles. The van der Waals surface area contributed by atoms with Crippen LogP contribution in [0.3, 0.4) is 0 Å². The molecule has 0 radical (unpaired) electrons. The van der Waals surface area contributed by atoms with E-state index in [9.17, 15) is 0 Å². The van der Waals surface area contributed by atoms with Crippen molar-refractivity contribution in [3.8, 4) is 22.1 Å². The van der Waals surface area contributed by atoms with Crippen molar-refractivity contribution >= 4 is 11.3 Å². The van der Waals surface area contributed by atoms with Crippen LogP contribution in [0.1, 0.15) is 19.0 Å². The van der Waals surface area contributed by atoms with Crippen LogP contribution in [0.15, 0.2) is 23.6 Å². The van der Waals surface area contributed by atoms with Crippen molar-refractivity contribution in [3.63, 3.8) is 0 Å². The van der Waals surface area contributed by atoms with Gasteiger partial charge in [0.25, 0.3) is 0 Å². The van der Waals surface area contributed by atoms with E-state index in [1.54, 1.807) is 11.3 Å². The Hall–Kier alpha value is -1.59. The lowest BCUT2D eigenvalue weighted by Crippen LogP contribution is -2.11. The van der Waals surface area contributed by atoms with Gasteiger partial charge in [-0.2, -0.15) is 0 Å². The highest BCUT2D eigenvalue weighted by atomic mass is 32.1. The van der Waals surface area contributed by atoms with E-state index in [0.29, 0.717) is 6.61 Å². The van der Waals surface area contributed by atoms with Crippen molar-refractivity contribution in [2.75, 3.05) is 19.8 Å². The smallest absolute Gasteiger partial charge is 0.161 e. The average molecular weight is 290 g/mol. The number of aromatic nitrogens is 1. The van der Waals surface area contributed by atoms with E-state index in [-0.39, 0.29) is 0 Å². The van der Waals surface area contributed by atoms with Crippen LogP contribution < -0.4 is 14.8 Å². The molecule has 0 amide bonds. The third-order valence-electron chi connectivity index (χ3n) is 3.10. The van der Waals surface area contributed by atoms with Gasteiger partial charge in [0, 0.05) is 23.9 Å². The summed E-state index contributed by atoms with van der Waals surface area (Å²) in [6.45, 7) is 5.29. The molecule has 0 saturated carbocycles. The number of benzene rings is 1. The fourth-order valence-electron chi connectivity index (χ4n) is 2.07. The molecule has 1 aliphatic heterocycles. The Morgan fingerprint density at radius 2 is 2.10 bits per heavy atom. The number of hydrogen-bond acceptors (Lipinski definition) is 5. The van der Waals surface area contributed by atoms with Crippen molar-refractivity contribution in [2.24, 2.45) is 0 Å². The summed E-state index contributed by atoms with van der Waals surface area (Å²) >= 11 is 1.66. The van der Waals surface area contributed by atoms with Gasteiger partial charge in [-0.15, -0.1) is 11.3 Å². The second-order valence-electron chi connectivity index (χ2n) is 4.64. The molecule has 0 fully saturated rings. The molecular formula is C15H18N2O2S. The zero-order chi connectivity index (χ0) is 13.8. The summed E-state index contributed by atoms with van der Waals surface area (Å²) in [7, 11) is 0. The Labute approximate surface area is 122 Å². The summed E-state index contributed by atoms with van der Waals surface area (Å²) < 4.78 is 11.4. The van der Waals surface area contributed by atoms with E-state index in [2.05, 4.69) is 22.6 Å². The molecule has 2 aromatic rings. The third-order valence-corrected chi connectivity index (χ3v) is 4.04. The van der Waals surface area contributed by atoms with Crippen molar-refractivity contribution in [3.05, 3.63) is 29.3 Å². The zero-order valence-electron chi connectivity index (χ0n) is 11.5. The second-order valence-corrected chi connectivity index (χ2v) is 5.49. The van der Waals surface area contributed by atoms with Gasteiger partial charge in [-0.3, -0.25) is 0 Å². The van der Waals surface area contributed by atoms with Crippen molar-refractivity contribution in [1.29, 1.82) is 0 Å². The number of nitrogens with zero attached hydrogens (tertiary/aromatic N) is 1. The summed E-state index contributed by atoms with van der Waals surface area (Å²) in [5.74, 6) is 1.65. The normalized spacial score (nSPS) is 14.1. The molecule has 0 atom stereocenters. The third kappa shape index (κ3) is 2.94. The monoisotopic (exact) mass is 290 g/mol.